The summed E-state index contributed by atoms with van der Waals surface area (Å²) in [7, 11) is -0.415. The molecule has 0 amide bonds. The van der Waals surface area contributed by atoms with Crippen LogP contribution in [0, 0.1) is 0 Å². The van der Waals surface area contributed by atoms with E-state index in [1.807, 2.05) is 42.5 Å². The lowest BCUT2D eigenvalue weighted by molar-refractivity contribution is 0.00578. The van der Waals surface area contributed by atoms with Crippen molar-refractivity contribution < 1.29 is 13.7 Å². The maximum atomic E-state index is 6.31. The van der Waals surface area contributed by atoms with Gasteiger partial charge in [-0.05, 0) is 62.5 Å². The highest BCUT2D eigenvalue weighted by atomic mass is 16.7. The molecule has 6 aromatic rings. The van der Waals surface area contributed by atoms with E-state index in [1.54, 1.807) is 0 Å². The Hall–Kier alpha value is -4.26. The zero-order valence-electron chi connectivity index (χ0n) is 23.0. The van der Waals surface area contributed by atoms with Crippen molar-refractivity contribution in [2.24, 2.45) is 0 Å². The maximum absolute atomic E-state index is 6.31. The summed E-state index contributed by atoms with van der Waals surface area (Å²) in [6.45, 7) is 8.29. The van der Waals surface area contributed by atoms with Crippen molar-refractivity contribution in [2.45, 2.75) is 38.9 Å². The number of nitrogens with zero attached hydrogens (tertiary/aromatic N) is 2. The number of furan rings is 1. The molecule has 7 rings (SSSR count). The van der Waals surface area contributed by atoms with E-state index in [1.165, 1.54) is 0 Å². The quantitative estimate of drug-likeness (QED) is 0.222. The first kappa shape index (κ1) is 24.8. The van der Waals surface area contributed by atoms with Crippen LogP contribution in [0.4, 0.5) is 0 Å². The molecule has 0 radical (unpaired) electrons. The standard InChI is InChI=1S/C34H29BN2O3/c1-33(2)34(3,4)40-35(39-33)26-17-11-15-24(21-26)23-14-10-16-25(20-23)32-36-29(22-12-6-5-7-13-22)31-30(37-32)27-18-8-9-19-28(27)38-31/h5-21H,1-4H3. The highest BCUT2D eigenvalue weighted by Gasteiger charge is 2.51. The van der Waals surface area contributed by atoms with E-state index in [-0.39, 0.29) is 0 Å². The van der Waals surface area contributed by atoms with Gasteiger partial charge in [-0.3, -0.25) is 0 Å². The van der Waals surface area contributed by atoms with Crippen LogP contribution in [0.1, 0.15) is 27.7 Å². The minimum atomic E-state index is -0.415. The summed E-state index contributed by atoms with van der Waals surface area (Å²) in [5, 5.41) is 0.976. The predicted octanol–water partition coefficient (Wildman–Crippen LogP) is 7.68. The van der Waals surface area contributed by atoms with Crippen LogP contribution in [-0.2, 0) is 9.31 Å². The molecule has 0 saturated carbocycles. The summed E-state index contributed by atoms with van der Waals surface area (Å²) >= 11 is 0. The van der Waals surface area contributed by atoms with Gasteiger partial charge in [-0.2, -0.15) is 0 Å². The summed E-state index contributed by atoms with van der Waals surface area (Å²) in [5.74, 6) is 0.655. The Bertz CT molecular complexity index is 1860. The van der Waals surface area contributed by atoms with Crippen molar-refractivity contribution in [1.82, 2.24) is 9.97 Å². The maximum Gasteiger partial charge on any atom is 0.494 e. The smallest absolute Gasteiger partial charge is 0.452 e. The third-order valence-corrected chi connectivity index (χ3v) is 8.13. The van der Waals surface area contributed by atoms with Crippen LogP contribution in [0.15, 0.2) is 108 Å². The Kier molecular flexibility index (Phi) is 5.67. The molecule has 0 bridgehead atoms. The first-order valence-corrected chi connectivity index (χ1v) is 13.6. The summed E-state index contributed by atoms with van der Waals surface area (Å²) < 4.78 is 18.9. The van der Waals surface area contributed by atoms with Crippen LogP contribution in [0.5, 0.6) is 0 Å². The Labute approximate surface area is 234 Å². The van der Waals surface area contributed by atoms with Crippen LogP contribution in [0.25, 0.3) is 55.8 Å². The highest BCUT2D eigenvalue weighted by Crippen LogP contribution is 2.38. The molecule has 196 valence electrons. The largest absolute Gasteiger partial charge is 0.494 e. The minimum Gasteiger partial charge on any atom is -0.452 e. The zero-order chi connectivity index (χ0) is 27.5. The first-order valence-electron chi connectivity index (χ1n) is 13.6. The fraction of sp³-hybridized carbons (Fsp3) is 0.176. The van der Waals surface area contributed by atoms with Gasteiger partial charge in [0.05, 0.1) is 11.2 Å². The molecule has 40 heavy (non-hydrogen) atoms. The highest BCUT2D eigenvalue weighted by molar-refractivity contribution is 6.62. The van der Waals surface area contributed by atoms with Crippen molar-refractivity contribution in [1.29, 1.82) is 0 Å². The average molecular weight is 524 g/mol. The molecule has 0 unspecified atom stereocenters. The number of para-hydroxylation sites is 1. The number of benzene rings is 4. The van der Waals surface area contributed by atoms with Crippen LogP contribution >= 0.6 is 0 Å². The van der Waals surface area contributed by atoms with Gasteiger partial charge in [0, 0.05) is 16.5 Å². The zero-order valence-corrected chi connectivity index (χ0v) is 23.0. The van der Waals surface area contributed by atoms with E-state index in [9.17, 15) is 0 Å². The van der Waals surface area contributed by atoms with Crippen molar-refractivity contribution in [3.8, 4) is 33.8 Å². The Morgan fingerprint density at radius 3 is 2.00 bits per heavy atom. The molecule has 1 fully saturated rings. The molecule has 6 heteroatoms. The number of fused-ring (bicyclic) bond motifs is 3. The van der Waals surface area contributed by atoms with E-state index >= 15 is 0 Å². The predicted molar refractivity (Wildman–Crippen MR) is 161 cm³/mol. The molecule has 5 nitrogen and oxygen atoms in total. The van der Waals surface area contributed by atoms with Crippen molar-refractivity contribution >= 4 is 34.7 Å². The lowest BCUT2D eigenvalue weighted by Gasteiger charge is -2.32. The van der Waals surface area contributed by atoms with Gasteiger partial charge >= 0.3 is 7.12 Å². The molecule has 1 saturated heterocycles. The second-order valence-corrected chi connectivity index (χ2v) is 11.3. The number of hydrogen-bond donors (Lipinski definition) is 0. The molecule has 0 N–H and O–H groups in total. The number of rotatable bonds is 4. The van der Waals surface area contributed by atoms with Crippen molar-refractivity contribution in [2.75, 3.05) is 0 Å². The van der Waals surface area contributed by atoms with Crippen molar-refractivity contribution in [3.63, 3.8) is 0 Å². The van der Waals surface area contributed by atoms with E-state index in [0.717, 1.165) is 49.9 Å². The van der Waals surface area contributed by atoms with E-state index < -0.39 is 18.3 Å². The third kappa shape index (κ3) is 4.12. The molecule has 0 aliphatic carbocycles. The number of hydrogen-bond acceptors (Lipinski definition) is 5. The third-order valence-electron chi connectivity index (χ3n) is 8.13. The lowest BCUT2D eigenvalue weighted by atomic mass is 9.78. The van der Waals surface area contributed by atoms with Crippen LogP contribution in [-0.4, -0.2) is 28.3 Å². The van der Waals surface area contributed by atoms with Crippen LogP contribution in [0.2, 0.25) is 0 Å². The van der Waals surface area contributed by atoms with Gasteiger partial charge in [0.1, 0.15) is 16.8 Å². The summed E-state index contributed by atoms with van der Waals surface area (Å²) in [6, 6.07) is 34.8. The summed E-state index contributed by atoms with van der Waals surface area (Å²) in [5.41, 5.74) is 7.37. The first-order chi connectivity index (χ1) is 19.3. The fourth-order valence-electron chi connectivity index (χ4n) is 5.19. The number of aromatic nitrogens is 2. The lowest BCUT2D eigenvalue weighted by Crippen LogP contribution is -2.41. The molecule has 0 atom stereocenters. The summed E-state index contributed by atoms with van der Waals surface area (Å²) in [6.07, 6.45) is 0. The van der Waals surface area contributed by atoms with E-state index in [4.69, 9.17) is 23.7 Å². The monoisotopic (exact) mass is 524 g/mol. The normalized spacial score (nSPS) is 16.1. The van der Waals surface area contributed by atoms with E-state index in [0.29, 0.717) is 11.4 Å². The van der Waals surface area contributed by atoms with Gasteiger partial charge in [0.2, 0.25) is 0 Å². The fourth-order valence-corrected chi connectivity index (χ4v) is 5.19. The van der Waals surface area contributed by atoms with Gasteiger partial charge in [0.25, 0.3) is 0 Å². The van der Waals surface area contributed by atoms with Crippen LogP contribution in [0.3, 0.4) is 0 Å². The van der Waals surface area contributed by atoms with Gasteiger partial charge in [-0.15, -0.1) is 0 Å². The topological polar surface area (TPSA) is 57.4 Å². The van der Waals surface area contributed by atoms with Gasteiger partial charge < -0.3 is 13.7 Å². The second-order valence-electron chi connectivity index (χ2n) is 11.3. The minimum absolute atomic E-state index is 0.392. The summed E-state index contributed by atoms with van der Waals surface area (Å²) in [4.78, 5) is 10.1. The second kappa shape index (κ2) is 9.15. The Balaban J connectivity index is 1.33. The van der Waals surface area contributed by atoms with Gasteiger partial charge in [0.15, 0.2) is 11.4 Å². The van der Waals surface area contributed by atoms with Crippen LogP contribution < -0.4 is 5.46 Å². The molecule has 4 aromatic carbocycles. The molecule has 1 aliphatic rings. The Morgan fingerprint density at radius 1 is 0.600 bits per heavy atom. The molecule has 1 aliphatic heterocycles. The van der Waals surface area contributed by atoms with Crippen molar-refractivity contribution in [3.05, 3.63) is 103 Å². The Morgan fingerprint density at radius 2 is 1.23 bits per heavy atom. The average Bonchev–Trinajstić information content (AvgIpc) is 3.45. The SMILES string of the molecule is CC1(C)OB(c2cccc(-c3cccc(-c4nc(-c5ccccc5)c5oc6ccccc6c5n4)c3)c2)OC1(C)C. The molecule has 3 heterocycles. The van der Waals surface area contributed by atoms with Gasteiger partial charge in [-0.1, -0.05) is 84.9 Å². The van der Waals surface area contributed by atoms with E-state index in [2.05, 4.69) is 88.4 Å². The molecular weight excluding hydrogens is 495 g/mol. The molecular formula is C34H29BN2O3. The van der Waals surface area contributed by atoms with Gasteiger partial charge in [-0.25, -0.2) is 9.97 Å². The molecule has 2 aromatic heterocycles. The molecule has 0 spiro atoms.